The molecule has 3 saturated heterocycles. The molecule has 27 heavy (non-hydrogen) atoms. The minimum atomic E-state index is -0.242. The predicted octanol–water partition coefficient (Wildman–Crippen LogP) is 2.22. The average Bonchev–Trinajstić information content (AvgIpc) is 3.31. The van der Waals surface area contributed by atoms with Gasteiger partial charge >= 0.3 is 0 Å². The molecular weight excluding hydrogens is 344 g/mol. The summed E-state index contributed by atoms with van der Waals surface area (Å²) in [5.41, 5.74) is 1.11. The molecule has 4 rings (SSSR count). The van der Waals surface area contributed by atoms with Crippen molar-refractivity contribution in [3.05, 3.63) is 29.8 Å². The van der Waals surface area contributed by atoms with Crippen LogP contribution in [0.5, 0.6) is 5.75 Å². The van der Waals surface area contributed by atoms with Gasteiger partial charge in [-0.25, -0.2) is 0 Å². The molecule has 0 aliphatic carbocycles. The molecule has 1 aromatic carbocycles. The minimum Gasteiger partial charge on any atom is -0.497 e. The second-order valence-corrected chi connectivity index (χ2v) is 8.11. The van der Waals surface area contributed by atoms with Gasteiger partial charge in [-0.3, -0.25) is 9.59 Å². The molecule has 3 aliphatic heterocycles. The number of amides is 2. The Morgan fingerprint density at radius 1 is 1.33 bits per heavy atom. The quantitative estimate of drug-likeness (QED) is 0.813. The number of carbonyl (C=O) groups excluding carboxylic acids is 2. The van der Waals surface area contributed by atoms with Crippen molar-refractivity contribution in [2.75, 3.05) is 33.4 Å². The van der Waals surface area contributed by atoms with Gasteiger partial charge in [0.05, 0.1) is 7.11 Å². The Bertz CT molecular complexity index is 706. The van der Waals surface area contributed by atoms with Gasteiger partial charge in [0.25, 0.3) is 5.91 Å². The van der Waals surface area contributed by atoms with E-state index in [1.807, 2.05) is 34.1 Å². The fourth-order valence-electron chi connectivity index (χ4n) is 4.63. The summed E-state index contributed by atoms with van der Waals surface area (Å²) in [5.74, 6) is 1.17. The second-order valence-electron chi connectivity index (χ2n) is 8.11. The van der Waals surface area contributed by atoms with E-state index in [2.05, 4.69) is 0 Å². The van der Waals surface area contributed by atoms with E-state index in [4.69, 9.17) is 9.47 Å². The molecule has 0 saturated carbocycles. The second kappa shape index (κ2) is 7.50. The van der Waals surface area contributed by atoms with Gasteiger partial charge in [-0.15, -0.1) is 0 Å². The molecule has 3 aliphatic rings. The first-order valence-corrected chi connectivity index (χ1v) is 9.90. The number of piperidine rings is 1. The van der Waals surface area contributed by atoms with Crippen molar-refractivity contribution in [1.82, 2.24) is 9.80 Å². The van der Waals surface area contributed by atoms with Crippen LogP contribution < -0.4 is 4.74 Å². The van der Waals surface area contributed by atoms with Crippen LogP contribution in [0.2, 0.25) is 0 Å². The van der Waals surface area contributed by atoms with E-state index < -0.39 is 0 Å². The summed E-state index contributed by atoms with van der Waals surface area (Å²) in [7, 11) is 1.65. The molecule has 0 N–H and O–H groups in total. The van der Waals surface area contributed by atoms with E-state index in [0.717, 1.165) is 56.6 Å². The average molecular weight is 372 g/mol. The predicted molar refractivity (Wildman–Crippen MR) is 100 cm³/mol. The summed E-state index contributed by atoms with van der Waals surface area (Å²) in [6, 6.07) is 7.89. The van der Waals surface area contributed by atoms with Crippen molar-refractivity contribution in [1.29, 1.82) is 0 Å². The summed E-state index contributed by atoms with van der Waals surface area (Å²) in [6.07, 6.45) is 3.96. The van der Waals surface area contributed by atoms with E-state index in [-0.39, 0.29) is 23.3 Å². The molecule has 1 aromatic rings. The number of carbonyl (C=O) groups is 2. The van der Waals surface area contributed by atoms with Gasteiger partial charge in [0.1, 0.15) is 11.9 Å². The van der Waals surface area contributed by atoms with E-state index in [1.165, 1.54) is 0 Å². The highest BCUT2D eigenvalue weighted by molar-refractivity contribution is 5.82. The van der Waals surface area contributed by atoms with Crippen LogP contribution in [0, 0.1) is 5.41 Å². The first kappa shape index (κ1) is 18.3. The highest BCUT2D eigenvalue weighted by atomic mass is 16.5. The molecule has 3 fully saturated rings. The SMILES string of the molecule is COc1cccc(CN2CC3(CCN(C(=O)[C@@H]4CCCO4)CC3)CC2=O)c1. The molecule has 1 atom stereocenters. The smallest absolute Gasteiger partial charge is 0.251 e. The third-order valence-corrected chi connectivity index (χ3v) is 6.25. The molecule has 0 aromatic heterocycles. The van der Waals surface area contributed by atoms with Gasteiger partial charge in [-0.05, 0) is 43.4 Å². The third kappa shape index (κ3) is 3.81. The zero-order valence-electron chi connectivity index (χ0n) is 16.0. The molecule has 6 nitrogen and oxygen atoms in total. The summed E-state index contributed by atoms with van der Waals surface area (Å²) in [5, 5.41) is 0. The molecular formula is C21H28N2O4. The molecule has 146 valence electrons. The number of benzene rings is 1. The van der Waals surface area contributed by atoms with Crippen LogP contribution in [-0.4, -0.2) is 61.1 Å². The van der Waals surface area contributed by atoms with Crippen molar-refractivity contribution in [2.45, 2.75) is 44.8 Å². The number of methoxy groups -OCH3 is 1. The minimum absolute atomic E-state index is 0.0171. The number of likely N-dealkylation sites (tertiary alicyclic amines) is 2. The van der Waals surface area contributed by atoms with Crippen molar-refractivity contribution in [3.8, 4) is 5.75 Å². The molecule has 1 spiro atoms. The maximum absolute atomic E-state index is 12.6. The van der Waals surface area contributed by atoms with Gasteiger partial charge in [0, 0.05) is 44.6 Å². The molecule has 0 radical (unpaired) electrons. The molecule has 0 bridgehead atoms. The first-order valence-electron chi connectivity index (χ1n) is 9.90. The van der Waals surface area contributed by atoms with Gasteiger partial charge < -0.3 is 19.3 Å². The van der Waals surface area contributed by atoms with Crippen molar-refractivity contribution in [3.63, 3.8) is 0 Å². The Kier molecular flexibility index (Phi) is 5.08. The van der Waals surface area contributed by atoms with Crippen LogP contribution in [-0.2, 0) is 20.9 Å². The first-order chi connectivity index (χ1) is 13.1. The molecule has 2 amide bonds. The van der Waals surface area contributed by atoms with Crippen LogP contribution in [0.4, 0.5) is 0 Å². The number of ether oxygens (including phenoxy) is 2. The van der Waals surface area contributed by atoms with Crippen molar-refractivity contribution >= 4 is 11.8 Å². The number of nitrogens with zero attached hydrogens (tertiary/aromatic N) is 2. The topological polar surface area (TPSA) is 59.1 Å². The maximum atomic E-state index is 12.6. The summed E-state index contributed by atoms with van der Waals surface area (Å²) >= 11 is 0. The normalized spacial score (nSPS) is 24.6. The van der Waals surface area contributed by atoms with Crippen LogP contribution >= 0.6 is 0 Å². The van der Waals surface area contributed by atoms with E-state index in [9.17, 15) is 9.59 Å². The maximum Gasteiger partial charge on any atom is 0.251 e. The lowest BCUT2D eigenvalue weighted by Gasteiger charge is -2.39. The fraction of sp³-hybridized carbons (Fsp3) is 0.619. The number of hydrogen-bond acceptors (Lipinski definition) is 4. The highest BCUT2D eigenvalue weighted by Crippen LogP contribution is 2.41. The highest BCUT2D eigenvalue weighted by Gasteiger charge is 2.46. The van der Waals surface area contributed by atoms with Crippen molar-refractivity contribution in [2.24, 2.45) is 5.41 Å². The van der Waals surface area contributed by atoms with Crippen LogP contribution in [0.15, 0.2) is 24.3 Å². The Labute approximate surface area is 160 Å². The third-order valence-electron chi connectivity index (χ3n) is 6.25. The Balaban J connectivity index is 1.35. The van der Waals surface area contributed by atoms with Gasteiger partial charge in [-0.1, -0.05) is 12.1 Å². The van der Waals surface area contributed by atoms with Crippen LogP contribution in [0.25, 0.3) is 0 Å². The Hall–Kier alpha value is -2.08. The zero-order valence-corrected chi connectivity index (χ0v) is 16.0. The molecule has 0 unspecified atom stereocenters. The monoisotopic (exact) mass is 372 g/mol. The van der Waals surface area contributed by atoms with Crippen molar-refractivity contribution < 1.29 is 19.1 Å². The van der Waals surface area contributed by atoms with Crippen LogP contribution in [0.1, 0.15) is 37.7 Å². The summed E-state index contributed by atoms with van der Waals surface area (Å²) < 4.78 is 10.8. The Morgan fingerprint density at radius 2 is 2.15 bits per heavy atom. The summed E-state index contributed by atoms with van der Waals surface area (Å²) in [6.45, 7) is 3.57. The Morgan fingerprint density at radius 3 is 2.85 bits per heavy atom. The molecule has 6 heteroatoms. The lowest BCUT2D eigenvalue weighted by atomic mass is 9.77. The van der Waals surface area contributed by atoms with E-state index in [0.29, 0.717) is 19.6 Å². The molecule has 3 heterocycles. The van der Waals surface area contributed by atoms with Gasteiger partial charge in [-0.2, -0.15) is 0 Å². The zero-order chi connectivity index (χ0) is 18.9. The van der Waals surface area contributed by atoms with Gasteiger partial charge in [0.2, 0.25) is 5.91 Å². The fourth-order valence-corrected chi connectivity index (χ4v) is 4.63. The number of hydrogen-bond donors (Lipinski definition) is 0. The van der Waals surface area contributed by atoms with Gasteiger partial charge in [0.15, 0.2) is 0 Å². The lowest BCUT2D eigenvalue weighted by Crippen LogP contribution is -2.47. The number of rotatable bonds is 4. The largest absolute Gasteiger partial charge is 0.497 e. The van der Waals surface area contributed by atoms with Crippen LogP contribution in [0.3, 0.4) is 0 Å². The standard InChI is InChI=1S/C21H28N2O4/c1-26-17-5-2-4-16(12-17)14-23-15-21(13-19(23)24)7-9-22(10-8-21)20(25)18-6-3-11-27-18/h2,4-5,12,18H,3,6-11,13-15H2,1H3/t18-/m0/s1. The van der Waals surface area contributed by atoms with E-state index in [1.54, 1.807) is 7.11 Å². The lowest BCUT2D eigenvalue weighted by molar-refractivity contribution is -0.143. The summed E-state index contributed by atoms with van der Waals surface area (Å²) in [4.78, 5) is 29.1. The van der Waals surface area contributed by atoms with E-state index >= 15 is 0 Å².